The molecular weight excluding hydrogens is 322 g/mol. The molecule has 100 valence electrons. The van der Waals surface area contributed by atoms with E-state index in [1.807, 2.05) is 0 Å². The highest BCUT2D eigenvalue weighted by molar-refractivity contribution is 9.10. The van der Waals surface area contributed by atoms with Crippen molar-refractivity contribution < 1.29 is 13.5 Å². The Hall–Kier alpha value is -1.96. The van der Waals surface area contributed by atoms with Crippen molar-refractivity contribution in [3.63, 3.8) is 0 Å². The Bertz CT molecular complexity index is 601. The molecule has 2 aromatic rings. The number of halogens is 3. The number of hydrogen-bond acceptors (Lipinski definition) is 5. The molecule has 8 heteroatoms. The van der Waals surface area contributed by atoms with Crippen LogP contribution in [-0.4, -0.2) is 17.1 Å². The van der Waals surface area contributed by atoms with Crippen molar-refractivity contribution in [2.75, 3.05) is 18.2 Å². The minimum absolute atomic E-state index is 0.0618. The molecule has 0 aliphatic carbocycles. The van der Waals surface area contributed by atoms with Crippen LogP contribution in [0.5, 0.6) is 5.88 Å². The zero-order chi connectivity index (χ0) is 14.0. The molecule has 0 unspecified atom stereocenters. The number of hydrogen-bond donors (Lipinski definition) is 2. The number of methoxy groups -OCH3 is 1. The molecule has 0 saturated heterocycles. The first-order valence-corrected chi connectivity index (χ1v) is 5.88. The van der Waals surface area contributed by atoms with Gasteiger partial charge in [0.05, 0.1) is 7.11 Å². The first-order chi connectivity index (χ1) is 9.02. The topological polar surface area (TPSA) is 73.1 Å². The second-order valence-corrected chi connectivity index (χ2v) is 4.43. The van der Waals surface area contributed by atoms with E-state index in [1.165, 1.54) is 13.4 Å². The molecule has 0 amide bonds. The molecule has 0 bridgehead atoms. The highest BCUT2D eigenvalue weighted by Crippen LogP contribution is 2.30. The molecule has 0 fully saturated rings. The van der Waals surface area contributed by atoms with Gasteiger partial charge in [-0.1, -0.05) is 15.9 Å². The van der Waals surface area contributed by atoms with E-state index in [4.69, 9.17) is 10.5 Å². The summed E-state index contributed by atoms with van der Waals surface area (Å²) >= 11 is 2.99. The monoisotopic (exact) mass is 330 g/mol. The van der Waals surface area contributed by atoms with Crippen molar-refractivity contribution in [3.05, 3.63) is 34.6 Å². The predicted octanol–water partition coefficient (Wildman–Crippen LogP) is 2.85. The van der Waals surface area contributed by atoms with E-state index in [-0.39, 0.29) is 23.1 Å². The highest BCUT2D eigenvalue weighted by Gasteiger charge is 2.14. The number of nitrogens with zero attached hydrogens (tertiary/aromatic N) is 2. The number of nitrogens with one attached hydrogen (secondary N) is 1. The number of nitrogens with two attached hydrogens (primary N) is 1. The van der Waals surface area contributed by atoms with Crippen molar-refractivity contribution >= 4 is 33.1 Å². The van der Waals surface area contributed by atoms with Crippen LogP contribution >= 0.6 is 15.9 Å². The summed E-state index contributed by atoms with van der Waals surface area (Å²) in [5, 5.41) is 2.48. The number of aromatic nitrogens is 2. The average molecular weight is 331 g/mol. The number of ether oxygens (including phenoxy) is 1. The van der Waals surface area contributed by atoms with Gasteiger partial charge in [0.1, 0.15) is 17.7 Å². The average Bonchev–Trinajstić information content (AvgIpc) is 2.35. The Morgan fingerprint density at radius 3 is 2.47 bits per heavy atom. The molecule has 0 radical (unpaired) electrons. The van der Waals surface area contributed by atoms with Crippen molar-refractivity contribution in [1.82, 2.24) is 9.97 Å². The van der Waals surface area contributed by atoms with Crippen LogP contribution in [0.4, 0.5) is 26.0 Å². The standard InChI is InChI=1S/C11H9BrF2N4O/c1-19-11-8(15)10(16-4-17-11)18-9-6(13)2-5(12)3-7(9)14/h2-4H,15H2,1H3,(H,16,17,18). The molecule has 0 atom stereocenters. The van der Waals surface area contributed by atoms with Crippen molar-refractivity contribution in [2.45, 2.75) is 0 Å². The number of anilines is 3. The van der Waals surface area contributed by atoms with E-state index < -0.39 is 11.6 Å². The minimum atomic E-state index is -0.774. The molecule has 1 aromatic carbocycles. The Kier molecular flexibility index (Phi) is 3.79. The fourth-order valence-corrected chi connectivity index (χ4v) is 1.82. The van der Waals surface area contributed by atoms with Gasteiger partial charge in [0.15, 0.2) is 17.5 Å². The van der Waals surface area contributed by atoms with Crippen LogP contribution in [-0.2, 0) is 0 Å². The Labute approximate surface area is 115 Å². The summed E-state index contributed by atoms with van der Waals surface area (Å²) in [4.78, 5) is 7.58. The van der Waals surface area contributed by atoms with E-state index in [0.29, 0.717) is 4.47 Å². The third kappa shape index (κ3) is 2.73. The minimum Gasteiger partial charge on any atom is -0.479 e. The van der Waals surface area contributed by atoms with Crippen LogP contribution in [0.25, 0.3) is 0 Å². The van der Waals surface area contributed by atoms with Crippen LogP contribution in [0.1, 0.15) is 0 Å². The zero-order valence-electron chi connectivity index (χ0n) is 9.75. The number of nitrogen functional groups attached to an aromatic ring is 1. The lowest BCUT2D eigenvalue weighted by molar-refractivity contribution is 0.399. The van der Waals surface area contributed by atoms with E-state index in [0.717, 1.165) is 12.1 Å². The molecule has 0 aliphatic rings. The SMILES string of the molecule is COc1ncnc(Nc2c(F)cc(Br)cc2F)c1N. The summed E-state index contributed by atoms with van der Waals surface area (Å²) in [6.07, 6.45) is 1.17. The molecular formula is C11H9BrF2N4O. The number of rotatable bonds is 3. The van der Waals surface area contributed by atoms with Gasteiger partial charge in [-0.2, -0.15) is 4.98 Å². The third-order valence-electron chi connectivity index (χ3n) is 2.29. The fraction of sp³-hybridized carbons (Fsp3) is 0.0909. The zero-order valence-corrected chi connectivity index (χ0v) is 11.3. The third-order valence-corrected chi connectivity index (χ3v) is 2.75. The molecule has 2 rings (SSSR count). The molecule has 0 aliphatic heterocycles. The van der Waals surface area contributed by atoms with E-state index in [2.05, 4.69) is 31.2 Å². The lowest BCUT2D eigenvalue weighted by Crippen LogP contribution is -2.05. The quantitative estimate of drug-likeness (QED) is 0.905. The van der Waals surface area contributed by atoms with Gasteiger partial charge in [0.2, 0.25) is 5.88 Å². The van der Waals surface area contributed by atoms with Crippen LogP contribution < -0.4 is 15.8 Å². The van der Waals surface area contributed by atoms with Crippen LogP contribution in [0, 0.1) is 11.6 Å². The predicted molar refractivity (Wildman–Crippen MR) is 70.3 cm³/mol. The second kappa shape index (κ2) is 5.35. The van der Waals surface area contributed by atoms with Gasteiger partial charge in [-0.05, 0) is 12.1 Å². The first-order valence-electron chi connectivity index (χ1n) is 5.09. The van der Waals surface area contributed by atoms with Crippen molar-refractivity contribution in [2.24, 2.45) is 0 Å². The summed E-state index contributed by atoms with van der Waals surface area (Å²) in [5.41, 5.74) is 5.42. The van der Waals surface area contributed by atoms with Crippen LogP contribution in [0.3, 0.4) is 0 Å². The number of benzene rings is 1. The van der Waals surface area contributed by atoms with Gasteiger partial charge < -0.3 is 15.8 Å². The summed E-state index contributed by atoms with van der Waals surface area (Å²) in [6.45, 7) is 0. The normalized spacial score (nSPS) is 10.3. The molecule has 0 saturated carbocycles. The molecule has 1 aromatic heterocycles. The van der Waals surface area contributed by atoms with Crippen molar-refractivity contribution in [1.29, 1.82) is 0 Å². The van der Waals surface area contributed by atoms with Gasteiger partial charge in [-0.25, -0.2) is 13.8 Å². The summed E-state index contributed by atoms with van der Waals surface area (Å²) in [6, 6.07) is 2.25. The van der Waals surface area contributed by atoms with Crippen LogP contribution in [0.2, 0.25) is 0 Å². The van der Waals surface area contributed by atoms with E-state index >= 15 is 0 Å². The fourth-order valence-electron chi connectivity index (χ4n) is 1.42. The van der Waals surface area contributed by atoms with E-state index in [1.54, 1.807) is 0 Å². The van der Waals surface area contributed by atoms with E-state index in [9.17, 15) is 8.78 Å². The Balaban J connectivity index is 2.42. The van der Waals surface area contributed by atoms with Gasteiger partial charge in [0, 0.05) is 4.47 Å². The summed E-state index contributed by atoms with van der Waals surface area (Å²) in [5.74, 6) is -1.37. The highest BCUT2D eigenvalue weighted by atomic mass is 79.9. The summed E-state index contributed by atoms with van der Waals surface area (Å²) < 4.78 is 32.5. The van der Waals surface area contributed by atoms with Gasteiger partial charge >= 0.3 is 0 Å². The Morgan fingerprint density at radius 1 is 1.26 bits per heavy atom. The molecule has 19 heavy (non-hydrogen) atoms. The van der Waals surface area contributed by atoms with Crippen molar-refractivity contribution in [3.8, 4) is 5.88 Å². The largest absolute Gasteiger partial charge is 0.479 e. The van der Waals surface area contributed by atoms with Gasteiger partial charge in [-0.15, -0.1) is 0 Å². The maximum absolute atomic E-state index is 13.7. The molecule has 5 nitrogen and oxygen atoms in total. The smallest absolute Gasteiger partial charge is 0.242 e. The van der Waals surface area contributed by atoms with Crippen LogP contribution in [0.15, 0.2) is 22.9 Å². The molecule has 1 heterocycles. The lowest BCUT2D eigenvalue weighted by Gasteiger charge is -2.11. The lowest BCUT2D eigenvalue weighted by atomic mass is 10.3. The molecule has 3 N–H and O–H groups in total. The van der Waals surface area contributed by atoms with Gasteiger partial charge in [-0.3, -0.25) is 0 Å². The Morgan fingerprint density at radius 2 is 1.89 bits per heavy atom. The summed E-state index contributed by atoms with van der Waals surface area (Å²) in [7, 11) is 1.38. The van der Waals surface area contributed by atoms with Gasteiger partial charge in [0.25, 0.3) is 0 Å². The maximum Gasteiger partial charge on any atom is 0.242 e. The molecule has 0 spiro atoms. The maximum atomic E-state index is 13.7. The second-order valence-electron chi connectivity index (χ2n) is 3.51. The first kappa shape index (κ1) is 13.5.